The second-order valence-electron chi connectivity index (χ2n) is 5.70. The van der Waals surface area contributed by atoms with Gasteiger partial charge in [0.15, 0.2) is 0 Å². The third-order valence-electron chi connectivity index (χ3n) is 4.13. The second kappa shape index (κ2) is 5.75. The molecule has 2 saturated carbocycles. The molecule has 0 saturated heterocycles. The summed E-state index contributed by atoms with van der Waals surface area (Å²) in [6.07, 6.45) is 5.90. The van der Waals surface area contributed by atoms with E-state index < -0.39 is 0 Å². The van der Waals surface area contributed by atoms with Gasteiger partial charge in [0.05, 0.1) is 0 Å². The summed E-state index contributed by atoms with van der Waals surface area (Å²) >= 11 is 0. The molecule has 1 aromatic carbocycles. The van der Waals surface area contributed by atoms with Crippen LogP contribution >= 0.6 is 0 Å². The Hall–Kier alpha value is -1.02. The van der Waals surface area contributed by atoms with Gasteiger partial charge < -0.3 is 10.1 Å². The van der Waals surface area contributed by atoms with Gasteiger partial charge in [0, 0.05) is 6.54 Å². The van der Waals surface area contributed by atoms with E-state index in [1.54, 1.807) is 0 Å². The molecule has 0 unspecified atom stereocenters. The van der Waals surface area contributed by atoms with Crippen molar-refractivity contribution < 1.29 is 4.74 Å². The zero-order valence-corrected chi connectivity index (χ0v) is 11.0. The zero-order chi connectivity index (χ0) is 12.2. The van der Waals surface area contributed by atoms with E-state index in [0.29, 0.717) is 0 Å². The first kappa shape index (κ1) is 12.0. The van der Waals surface area contributed by atoms with Crippen molar-refractivity contribution in [2.45, 2.75) is 25.7 Å². The molecule has 0 aliphatic heterocycles. The number of hydrogen-bond acceptors (Lipinski definition) is 2. The van der Waals surface area contributed by atoms with E-state index in [4.69, 9.17) is 4.74 Å². The Balaban J connectivity index is 1.30. The Morgan fingerprint density at radius 2 is 1.72 bits per heavy atom. The topological polar surface area (TPSA) is 21.3 Å². The van der Waals surface area contributed by atoms with Crippen LogP contribution in [0.1, 0.15) is 25.7 Å². The van der Waals surface area contributed by atoms with Crippen LogP contribution in [0.25, 0.3) is 0 Å². The van der Waals surface area contributed by atoms with Crippen molar-refractivity contribution >= 4 is 0 Å². The average molecular weight is 245 g/mol. The number of para-hydroxylation sites is 1. The van der Waals surface area contributed by atoms with Gasteiger partial charge in [0.25, 0.3) is 0 Å². The molecule has 18 heavy (non-hydrogen) atoms. The number of rotatable bonds is 8. The predicted octanol–water partition coefficient (Wildman–Crippen LogP) is 3.09. The van der Waals surface area contributed by atoms with Gasteiger partial charge in [-0.25, -0.2) is 0 Å². The summed E-state index contributed by atoms with van der Waals surface area (Å²) in [4.78, 5) is 0. The summed E-state index contributed by atoms with van der Waals surface area (Å²) in [7, 11) is 0. The van der Waals surface area contributed by atoms with Gasteiger partial charge in [-0.05, 0) is 62.1 Å². The first-order valence-electron chi connectivity index (χ1n) is 7.32. The van der Waals surface area contributed by atoms with Crippen molar-refractivity contribution in [3.63, 3.8) is 0 Å². The summed E-state index contributed by atoms with van der Waals surface area (Å²) in [5.74, 6) is 4.02. The highest BCUT2D eigenvalue weighted by Crippen LogP contribution is 2.48. The molecule has 0 amide bonds. The van der Waals surface area contributed by atoms with Crippen LogP contribution in [0.3, 0.4) is 0 Å². The van der Waals surface area contributed by atoms with E-state index in [9.17, 15) is 0 Å². The second-order valence-corrected chi connectivity index (χ2v) is 5.70. The van der Waals surface area contributed by atoms with Crippen molar-refractivity contribution in [1.82, 2.24) is 5.32 Å². The molecule has 2 heteroatoms. The minimum atomic E-state index is 0.770. The lowest BCUT2D eigenvalue weighted by Gasteiger charge is -2.16. The minimum Gasteiger partial charge on any atom is -0.492 e. The van der Waals surface area contributed by atoms with Crippen LogP contribution in [0, 0.1) is 17.8 Å². The lowest BCUT2D eigenvalue weighted by atomic mass is 9.98. The molecule has 0 radical (unpaired) electrons. The molecule has 0 aromatic heterocycles. The Bertz CT molecular complexity index is 345. The van der Waals surface area contributed by atoms with E-state index in [-0.39, 0.29) is 0 Å². The van der Waals surface area contributed by atoms with E-state index in [1.807, 2.05) is 30.3 Å². The molecular weight excluding hydrogens is 222 g/mol. The molecule has 0 spiro atoms. The Labute approximate surface area is 110 Å². The van der Waals surface area contributed by atoms with Crippen LogP contribution in [0.15, 0.2) is 30.3 Å². The first-order valence-corrected chi connectivity index (χ1v) is 7.32. The van der Waals surface area contributed by atoms with Crippen LogP contribution in [0.2, 0.25) is 0 Å². The molecule has 0 bridgehead atoms. The van der Waals surface area contributed by atoms with Gasteiger partial charge in [-0.2, -0.15) is 0 Å². The highest BCUT2D eigenvalue weighted by atomic mass is 16.5. The van der Waals surface area contributed by atoms with Crippen LogP contribution in [0.5, 0.6) is 5.75 Å². The summed E-state index contributed by atoms with van der Waals surface area (Å²) in [6, 6.07) is 10.1. The molecule has 3 rings (SSSR count). The highest BCUT2D eigenvalue weighted by molar-refractivity contribution is 5.20. The Morgan fingerprint density at radius 1 is 1.06 bits per heavy atom. The number of nitrogens with one attached hydrogen (secondary N) is 1. The smallest absolute Gasteiger partial charge is 0.119 e. The lowest BCUT2D eigenvalue weighted by molar-refractivity contribution is 0.299. The van der Waals surface area contributed by atoms with Gasteiger partial charge in [0.2, 0.25) is 0 Å². The normalized spacial score (nSPS) is 19.2. The summed E-state index contributed by atoms with van der Waals surface area (Å²) in [5.41, 5.74) is 0. The Morgan fingerprint density at radius 3 is 2.33 bits per heavy atom. The minimum absolute atomic E-state index is 0.770. The predicted molar refractivity (Wildman–Crippen MR) is 73.7 cm³/mol. The molecular formula is C16H23NO. The molecule has 0 atom stereocenters. The maximum absolute atomic E-state index is 5.68. The average Bonchev–Trinajstić information content (AvgIpc) is 3.29. The van der Waals surface area contributed by atoms with E-state index in [0.717, 1.165) is 36.7 Å². The lowest BCUT2D eigenvalue weighted by Crippen LogP contribution is -2.29. The molecule has 1 aromatic rings. The van der Waals surface area contributed by atoms with Crippen LogP contribution in [-0.4, -0.2) is 19.7 Å². The van der Waals surface area contributed by atoms with E-state index >= 15 is 0 Å². The molecule has 98 valence electrons. The summed E-state index contributed by atoms with van der Waals surface area (Å²) in [6.45, 7) is 2.93. The molecule has 2 aliphatic carbocycles. The molecule has 1 N–H and O–H groups in total. The zero-order valence-electron chi connectivity index (χ0n) is 11.0. The molecule has 0 heterocycles. The fourth-order valence-corrected chi connectivity index (χ4v) is 2.79. The third-order valence-corrected chi connectivity index (χ3v) is 4.13. The molecule has 2 fully saturated rings. The quantitative estimate of drug-likeness (QED) is 0.711. The fourth-order valence-electron chi connectivity index (χ4n) is 2.79. The van der Waals surface area contributed by atoms with Crippen LogP contribution in [0.4, 0.5) is 0 Å². The van der Waals surface area contributed by atoms with Gasteiger partial charge in [0.1, 0.15) is 12.4 Å². The SMILES string of the molecule is c1ccc(OCCNCC(C2CC2)C2CC2)cc1. The van der Waals surface area contributed by atoms with Crippen molar-refractivity contribution in [3.05, 3.63) is 30.3 Å². The van der Waals surface area contributed by atoms with Crippen molar-refractivity contribution in [2.75, 3.05) is 19.7 Å². The standard InChI is InChI=1S/C16H23NO/c1-2-4-15(5-3-1)18-11-10-17-12-16(13-6-7-13)14-8-9-14/h1-5,13-14,16-17H,6-12H2. The Kier molecular flexibility index (Phi) is 3.84. The first-order chi connectivity index (χ1) is 8.93. The maximum atomic E-state index is 5.68. The van der Waals surface area contributed by atoms with Gasteiger partial charge in [-0.3, -0.25) is 0 Å². The van der Waals surface area contributed by atoms with Crippen molar-refractivity contribution in [2.24, 2.45) is 17.8 Å². The van der Waals surface area contributed by atoms with Gasteiger partial charge in [-0.1, -0.05) is 18.2 Å². The monoisotopic (exact) mass is 245 g/mol. The third kappa shape index (κ3) is 3.49. The fraction of sp³-hybridized carbons (Fsp3) is 0.625. The molecule has 2 aliphatic rings. The van der Waals surface area contributed by atoms with E-state index in [2.05, 4.69) is 5.32 Å². The number of ether oxygens (including phenoxy) is 1. The van der Waals surface area contributed by atoms with Crippen LogP contribution < -0.4 is 10.1 Å². The van der Waals surface area contributed by atoms with Gasteiger partial charge in [-0.15, -0.1) is 0 Å². The summed E-state index contributed by atoms with van der Waals surface area (Å²) < 4.78 is 5.68. The van der Waals surface area contributed by atoms with E-state index in [1.165, 1.54) is 32.2 Å². The number of hydrogen-bond donors (Lipinski definition) is 1. The van der Waals surface area contributed by atoms with Gasteiger partial charge >= 0.3 is 0 Å². The highest BCUT2D eigenvalue weighted by Gasteiger charge is 2.40. The van der Waals surface area contributed by atoms with Crippen molar-refractivity contribution in [1.29, 1.82) is 0 Å². The van der Waals surface area contributed by atoms with Crippen LogP contribution in [-0.2, 0) is 0 Å². The summed E-state index contributed by atoms with van der Waals surface area (Å²) in [5, 5.41) is 3.57. The molecule has 2 nitrogen and oxygen atoms in total. The largest absolute Gasteiger partial charge is 0.492 e. The number of benzene rings is 1. The maximum Gasteiger partial charge on any atom is 0.119 e. The van der Waals surface area contributed by atoms with Crippen molar-refractivity contribution in [3.8, 4) is 5.75 Å².